The van der Waals surface area contributed by atoms with Gasteiger partial charge in [-0.2, -0.15) is 0 Å². The molecule has 3 heterocycles. The molecule has 49 heavy (non-hydrogen) atoms. The van der Waals surface area contributed by atoms with Gasteiger partial charge in [0, 0.05) is 36.2 Å². The Kier molecular flexibility index (Phi) is 9.67. The molecule has 13 nitrogen and oxygen atoms in total. The third-order valence-electron chi connectivity index (χ3n) is 11.8. The molecule has 268 valence electrons. The van der Waals surface area contributed by atoms with Gasteiger partial charge in [0.25, 0.3) is 6.47 Å². The first-order chi connectivity index (χ1) is 23.0. The number of aliphatic hydroxyl groups excluding tert-OH is 1. The summed E-state index contributed by atoms with van der Waals surface area (Å²) in [7, 11) is 1.22. The zero-order valence-electron chi connectivity index (χ0n) is 29.0. The van der Waals surface area contributed by atoms with Crippen LogP contribution in [0.15, 0.2) is 47.3 Å². The zero-order chi connectivity index (χ0) is 36.1. The predicted molar refractivity (Wildman–Crippen MR) is 169 cm³/mol. The number of furan rings is 1. The lowest BCUT2D eigenvalue weighted by atomic mass is 9.48. The van der Waals surface area contributed by atoms with E-state index in [1.54, 1.807) is 39.4 Å². The summed E-state index contributed by atoms with van der Waals surface area (Å²) in [4.78, 5) is 64.4. The summed E-state index contributed by atoms with van der Waals surface area (Å²) >= 11 is 0. The van der Waals surface area contributed by atoms with Gasteiger partial charge in [0.1, 0.15) is 30.0 Å². The SMILES string of the molecule is C=C1[C@@H]([C@@]2(C)C=CC(=O)O[C@](C)(COC(C)=O)[C@@H]2CC(=O)OC)[C@@H](OC=O)[C@H](OC(=O)[C@H](O)[C@H](C)CC)[C@@]2(C)[C@H](c3ccoc3)C[C@H]3O[C@]132. The van der Waals surface area contributed by atoms with Crippen molar-refractivity contribution in [1.82, 2.24) is 0 Å². The number of aliphatic hydroxyl groups is 1. The lowest BCUT2D eigenvalue weighted by molar-refractivity contribution is -0.213. The highest BCUT2D eigenvalue weighted by Gasteiger charge is 2.84. The van der Waals surface area contributed by atoms with E-state index in [1.807, 2.05) is 19.9 Å². The molecule has 0 radical (unpaired) electrons. The average Bonchev–Trinajstić information content (AvgIpc) is 3.44. The highest BCUT2D eigenvalue weighted by atomic mass is 16.6. The molecule has 1 saturated heterocycles. The fraction of sp³-hybridized carbons (Fsp3) is 0.639. The van der Waals surface area contributed by atoms with Crippen LogP contribution in [0.4, 0.5) is 0 Å². The van der Waals surface area contributed by atoms with Crippen LogP contribution in [-0.2, 0) is 52.4 Å². The number of cyclic esters (lactones) is 1. The van der Waals surface area contributed by atoms with Crippen molar-refractivity contribution < 1.29 is 61.9 Å². The standard InChI is InChI=1S/C36H46O13/c1-9-19(2)29(41)32(42)47-31-30(46-18-37)28(20(3)36-25(48-36)14-23(35(31,36)7)22-11-13-44-16-22)33(5)12-10-26(39)49-34(6,17-45-21(4)38)24(33)15-27(40)43-8/h10-13,16,18-19,23-25,28-31,41H,3,9,14-15,17H2,1-2,4-8H3/t19-,23+,24-,25-,28-,29-,30-,31+,33+,34-,35-,36-/m1/s1. The maximum Gasteiger partial charge on any atom is 0.335 e. The Bertz CT molecular complexity index is 1520. The van der Waals surface area contributed by atoms with Crippen LogP contribution in [0.5, 0.6) is 0 Å². The van der Waals surface area contributed by atoms with Gasteiger partial charge in [-0.05, 0) is 36.5 Å². The number of rotatable bonds is 12. The molecule has 2 aliphatic heterocycles. The molecule has 1 aromatic rings. The van der Waals surface area contributed by atoms with Gasteiger partial charge in [-0.25, -0.2) is 9.59 Å². The molecule has 1 spiro atoms. The van der Waals surface area contributed by atoms with Gasteiger partial charge in [-0.3, -0.25) is 14.4 Å². The first-order valence-electron chi connectivity index (χ1n) is 16.5. The normalized spacial score (nSPS) is 38.9. The maximum atomic E-state index is 13.8. The first-order valence-corrected chi connectivity index (χ1v) is 16.5. The Morgan fingerprint density at radius 3 is 2.53 bits per heavy atom. The topological polar surface area (TPSA) is 177 Å². The summed E-state index contributed by atoms with van der Waals surface area (Å²) < 4.78 is 40.6. The highest BCUT2D eigenvalue weighted by Crippen LogP contribution is 2.76. The number of carbonyl (C=O) groups excluding carboxylic acids is 5. The third-order valence-corrected chi connectivity index (χ3v) is 11.8. The number of esters is 4. The van der Waals surface area contributed by atoms with Crippen LogP contribution in [-0.4, -0.2) is 84.8 Å². The minimum absolute atomic E-state index is 0.254. The van der Waals surface area contributed by atoms with E-state index in [-0.39, 0.29) is 24.9 Å². The number of epoxide rings is 1. The van der Waals surface area contributed by atoms with E-state index in [1.165, 1.54) is 20.1 Å². The Morgan fingerprint density at radius 2 is 1.94 bits per heavy atom. The Morgan fingerprint density at radius 1 is 1.22 bits per heavy atom. The molecule has 5 rings (SSSR count). The number of allylic oxidation sites excluding steroid dienone is 1. The minimum Gasteiger partial charge on any atom is -0.472 e. The van der Waals surface area contributed by atoms with E-state index < -0.39 is 88.6 Å². The monoisotopic (exact) mass is 686 g/mol. The third kappa shape index (κ3) is 5.68. The number of hydrogen-bond acceptors (Lipinski definition) is 13. The summed E-state index contributed by atoms with van der Waals surface area (Å²) in [5, 5.41) is 11.0. The Labute approximate surface area is 285 Å². The molecule has 0 aromatic carbocycles. The summed E-state index contributed by atoms with van der Waals surface area (Å²) in [5.41, 5.74) is -3.85. The van der Waals surface area contributed by atoms with Crippen LogP contribution in [0.2, 0.25) is 0 Å². The Balaban J connectivity index is 1.73. The summed E-state index contributed by atoms with van der Waals surface area (Å²) in [6, 6.07) is 1.82. The van der Waals surface area contributed by atoms with E-state index in [2.05, 4.69) is 6.58 Å². The lowest BCUT2D eigenvalue weighted by Gasteiger charge is -2.58. The molecule has 2 saturated carbocycles. The number of carbonyl (C=O) groups is 5. The quantitative estimate of drug-likeness (QED) is 0.111. The smallest absolute Gasteiger partial charge is 0.335 e. The van der Waals surface area contributed by atoms with Gasteiger partial charge in [0.05, 0.1) is 37.6 Å². The fourth-order valence-corrected chi connectivity index (χ4v) is 9.06. The second-order valence-electron chi connectivity index (χ2n) is 14.4. The van der Waals surface area contributed by atoms with Crippen LogP contribution in [0, 0.1) is 28.6 Å². The van der Waals surface area contributed by atoms with E-state index in [9.17, 15) is 29.1 Å². The minimum atomic E-state index is -1.60. The molecule has 3 fully saturated rings. The highest BCUT2D eigenvalue weighted by molar-refractivity contribution is 5.83. The van der Waals surface area contributed by atoms with Crippen LogP contribution in [0.25, 0.3) is 0 Å². The second-order valence-corrected chi connectivity index (χ2v) is 14.4. The van der Waals surface area contributed by atoms with Gasteiger partial charge in [-0.15, -0.1) is 0 Å². The van der Waals surface area contributed by atoms with Crippen molar-refractivity contribution in [3.63, 3.8) is 0 Å². The van der Waals surface area contributed by atoms with Gasteiger partial charge in [0.15, 0.2) is 6.10 Å². The van der Waals surface area contributed by atoms with Crippen LogP contribution in [0.3, 0.4) is 0 Å². The van der Waals surface area contributed by atoms with E-state index in [0.29, 0.717) is 18.4 Å². The van der Waals surface area contributed by atoms with Crippen LogP contribution >= 0.6 is 0 Å². The molecule has 0 bridgehead atoms. The van der Waals surface area contributed by atoms with Crippen molar-refractivity contribution in [1.29, 1.82) is 0 Å². The lowest BCUT2D eigenvalue weighted by Crippen LogP contribution is -2.66. The first kappa shape index (κ1) is 36.3. The molecule has 1 aromatic heterocycles. The summed E-state index contributed by atoms with van der Waals surface area (Å²) in [6.45, 7) is 14.4. The van der Waals surface area contributed by atoms with Crippen LogP contribution in [0.1, 0.15) is 72.3 Å². The number of hydrogen-bond donors (Lipinski definition) is 1. The molecule has 0 amide bonds. The van der Waals surface area contributed by atoms with Gasteiger partial charge in [-0.1, -0.05) is 46.8 Å². The average molecular weight is 687 g/mol. The molecule has 4 aliphatic rings. The van der Waals surface area contributed by atoms with Gasteiger partial charge in [0.2, 0.25) is 0 Å². The predicted octanol–water partition coefficient (Wildman–Crippen LogP) is 3.58. The van der Waals surface area contributed by atoms with E-state index in [0.717, 1.165) is 5.56 Å². The van der Waals surface area contributed by atoms with E-state index in [4.69, 9.17) is 32.8 Å². The van der Waals surface area contributed by atoms with Crippen molar-refractivity contribution in [3.8, 4) is 0 Å². The molecular weight excluding hydrogens is 640 g/mol. The zero-order valence-corrected chi connectivity index (χ0v) is 29.0. The number of methoxy groups -OCH3 is 1. The molecule has 2 aliphatic carbocycles. The number of ether oxygens (including phenoxy) is 6. The van der Waals surface area contributed by atoms with Crippen molar-refractivity contribution in [2.45, 2.75) is 102 Å². The van der Waals surface area contributed by atoms with Crippen molar-refractivity contribution in [3.05, 3.63) is 48.5 Å². The molecule has 13 heteroatoms. The maximum absolute atomic E-state index is 13.8. The second kappa shape index (κ2) is 13.1. The summed E-state index contributed by atoms with van der Waals surface area (Å²) in [5.74, 6) is -5.65. The van der Waals surface area contributed by atoms with Gasteiger partial charge < -0.3 is 37.9 Å². The fourth-order valence-electron chi connectivity index (χ4n) is 9.06. The summed E-state index contributed by atoms with van der Waals surface area (Å²) in [6.07, 6.45) is 2.24. The van der Waals surface area contributed by atoms with Gasteiger partial charge >= 0.3 is 23.9 Å². The molecule has 1 N–H and O–H groups in total. The Hall–Kier alpha value is -3.97. The molecule has 0 unspecified atom stereocenters. The van der Waals surface area contributed by atoms with Crippen molar-refractivity contribution in [2.24, 2.45) is 28.6 Å². The van der Waals surface area contributed by atoms with Crippen molar-refractivity contribution in [2.75, 3.05) is 13.7 Å². The van der Waals surface area contributed by atoms with Crippen molar-refractivity contribution >= 4 is 30.3 Å². The molecule has 12 atom stereocenters. The van der Waals surface area contributed by atoms with E-state index >= 15 is 0 Å². The van der Waals surface area contributed by atoms with Crippen LogP contribution < -0.4 is 0 Å². The molecular formula is C36H46O13. The largest absolute Gasteiger partial charge is 0.472 e.